The second-order valence-corrected chi connectivity index (χ2v) is 8.13. The van der Waals surface area contributed by atoms with Gasteiger partial charge in [-0.15, -0.1) is 0 Å². The van der Waals surface area contributed by atoms with Crippen LogP contribution in [0.1, 0.15) is 38.2 Å². The average Bonchev–Trinajstić information content (AvgIpc) is 2.75. The Hall–Kier alpha value is -2.83. The maximum atomic E-state index is 6.50. The van der Waals surface area contributed by atoms with Gasteiger partial charge in [-0.25, -0.2) is 5.84 Å². The number of allylic oxidation sites excluding steroid dienone is 4. The predicted octanol–water partition coefficient (Wildman–Crippen LogP) is 3.47. The van der Waals surface area contributed by atoms with Gasteiger partial charge in [0.25, 0.3) is 0 Å². The van der Waals surface area contributed by atoms with E-state index in [9.17, 15) is 0 Å². The summed E-state index contributed by atoms with van der Waals surface area (Å²) < 4.78 is 5.46. The van der Waals surface area contributed by atoms with Gasteiger partial charge in [-0.3, -0.25) is 4.98 Å². The zero-order valence-corrected chi connectivity index (χ0v) is 17.6. The molecule has 158 valence electrons. The Bertz CT molecular complexity index is 988. The molecule has 2 heterocycles. The van der Waals surface area contributed by atoms with E-state index >= 15 is 0 Å². The quantitative estimate of drug-likeness (QED) is 0.521. The largest absolute Gasteiger partial charge is 0.397 e. The molecular weight excluding hydrogens is 374 g/mol. The number of nitrogens with zero attached hydrogens (tertiary/aromatic N) is 2. The predicted molar refractivity (Wildman–Crippen MR) is 121 cm³/mol. The lowest BCUT2D eigenvalue weighted by Gasteiger charge is -2.28. The number of rotatable bonds is 5. The minimum Gasteiger partial charge on any atom is -0.397 e. The molecule has 2 aliphatic rings. The van der Waals surface area contributed by atoms with E-state index in [2.05, 4.69) is 41.5 Å². The lowest BCUT2D eigenvalue weighted by Crippen LogP contribution is -2.35. The van der Waals surface area contributed by atoms with Crippen molar-refractivity contribution in [1.82, 2.24) is 15.3 Å². The normalized spacial score (nSPS) is 24.3. The molecule has 4 rings (SSSR count). The first-order chi connectivity index (χ1) is 14.6. The van der Waals surface area contributed by atoms with Crippen LogP contribution >= 0.6 is 0 Å². The van der Waals surface area contributed by atoms with Gasteiger partial charge >= 0.3 is 0 Å². The summed E-state index contributed by atoms with van der Waals surface area (Å²) in [5.41, 5.74) is 12.6. The molecule has 30 heavy (non-hydrogen) atoms. The van der Waals surface area contributed by atoms with Crippen molar-refractivity contribution in [1.29, 1.82) is 0 Å². The number of pyridine rings is 1. The number of benzene rings is 1. The Labute approximate surface area is 178 Å². The van der Waals surface area contributed by atoms with Crippen molar-refractivity contribution >= 4 is 10.9 Å². The van der Waals surface area contributed by atoms with Crippen LogP contribution in [0.2, 0.25) is 0 Å². The van der Waals surface area contributed by atoms with Gasteiger partial charge in [0.05, 0.1) is 23.5 Å². The standard InChI is InChI=1S/C24H31N5O/c1-17-4-6-20(28-21-10-13-30-14-11-21)7-8-22(25)24(17)29(26)16-18-5-9-23-19(15-18)3-2-12-27-23/h2-3,5,7-9,12,15,21,28H,4,6,10-11,13-14,16,25-26H2,1H3/b20-7+,22-8+,24-17+. The van der Waals surface area contributed by atoms with Gasteiger partial charge in [-0.1, -0.05) is 12.1 Å². The summed E-state index contributed by atoms with van der Waals surface area (Å²) in [6, 6.07) is 10.7. The van der Waals surface area contributed by atoms with Crippen LogP contribution in [0, 0.1) is 0 Å². The topological polar surface area (TPSA) is 89.4 Å². The fourth-order valence-corrected chi connectivity index (χ4v) is 4.17. The molecule has 0 amide bonds. The first kappa shape index (κ1) is 20.4. The Morgan fingerprint density at radius 2 is 2.00 bits per heavy atom. The van der Waals surface area contributed by atoms with E-state index in [0.717, 1.165) is 61.1 Å². The number of hydrogen-bond acceptors (Lipinski definition) is 6. The molecule has 1 aromatic heterocycles. The highest BCUT2D eigenvalue weighted by Crippen LogP contribution is 2.25. The molecule has 2 aromatic rings. The van der Waals surface area contributed by atoms with Gasteiger partial charge in [-0.05, 0) is 74.1 Å². The molecule has 0 unspecified atom stereocenters. The van der Waals surface area contributed by atoms with Gasteiger partial charge in [-0.2, -0.15) is 0 Å². The van der Waals surface area contributed by atoms with Crippen molar-refractivity contribution in [2.45, 2.75) is 45.2 Å². The molecule has 0 saturated carbocycles. The summed E-state index contributed by atoms with van der Waals surface area (Å²) in [5.74, 6) is 6.50. The number of hydrogen-bond donors (Lipinski definition) is 3. The number of aromatic nitrogens is 1. The first-order valence-electron chi connectivity index (χ1n) is 10.7. The number of fused-ring (bicyclic) bond motifs is 1. The molecule has 5 N–H and O–H groups in total. The summed E-state index contributed by atoms with van der Waals surface area (Å²) in [5, 5.41) is 6.56. The van der Waals surface area contributed by atoms with E-state index in [4.69, 9.17) is 16.3 Å². The van der Waals surface area contributed by atoms with Crippen LogP contribution in [0.3, 0.4) is 0 Å². The zero-order chi connectivity index (χ0) is 20.9. The maximum Gasteiger partial charge on any atom is 0.0739 e. The maximum absolute atomic E-state index is 6.50. The van der Waals surface area contributed by atoms with Crippen LogP contribution in [-0.4, -0.2) is 29.2 Å². The fourth-order valence-electron chi connectivity index (χ4n) is 4.17. The second kappa shape index (κ2) is 9.32. The molecule has 1 aliphatic heterocycles. The van der Waals surface area contributed by atoms with E-state index in [1.54, 1.807) is 5.01 Å². The third-order valence-electron chi connectivity index (χ3n) is 5.83. The fraction of sp³-hybridized carbons (Fsp3) is 0.375. The Kier molecular flexibility index (Phi) is 6.35. The molecule has 0 bridgehead atoms. The summed E-state index contributed by atoms with van der Waals surface area (Å²) >= 11 is 0. The van der Waals surface area contributed by atoms with Crippen molar-refractivity contribution in [3.8, 4) is 0 Å². The molecule has 1 aromatic carbocycles. The molecular formula is C24H31N5O. The lowest BCUT2D eigenvalue weighted by atomic mass is 10.0. The molecule has 1 aliphatic carbocycles. The molecule has 0 radical (unpaired) electrons. The van der Waals surface area contributed by atoms with Crippen molar-refractivity contribution in [2.75, 3.05) is 13.2 Å². The van der Waals surface area contributed by atoms with E-state index < -0.39 is 0 Å². The van der Waals surface area contributed by atoms with Crippen molar-refractivity contribution in [3.05, 3.63) is 76.9 Å². The van der Waals surface area contributed by atoms with Crippen LogP contribution in [0.15, 0.2) is 71.3 Å². The van der Waals surface area contributed by atoms with Crippen LogP contribution in [0.5, 0.6) is 0 Å². The van der Waals surface area contributed by atoms with Gasteiger partial charge in [0.2, 0.25) is 0 Å². The van der Waals surface area contributed by atoms with Gasteiger partial charge in [0.15, 0.2) is 0 Å². The number of hydrazine groups is 1. The highest BCUT2D eigenvalue weighted by molar-refractivity contribution is 5.78. The minimum absolute atomic E-state index is 0.483. The Morgan fingerprint density at radius 1 is 1.17 bits per heavy atom. The summed E-state index contributed by atoms with van der Waals surface area (Å²) in [4.78, 5) is 4.38. The van der Waals surface area contributed by atoms with E-state index in [-0.39, 0.29) is 0 Å². The molecule has 6 heteroatoms. The minimum atomic E-state index is 0.483. The number of nitrogens with one attached hydrogen (secondary N) is 1. The molecule has 1 saturated heterocycles. The number of nitrogens with two attached hydrogens (primary N) is 2. The third kappa shape index (κ3) is 4.83. The highest BCUT2D eigenvalue weighted by atomic mass is 16.5. The average molecular weight is 406 g/mol. The van der Waals surface area contributed by atoms with E-state index in [1.165, 1.54) is 11.3 Å². The summed E-state index contributed by atoms with van der Waals surface area (Å²) in [7, 11) is 0. The monoisotopic (exact) mass is 405 g/mol. The van der Waals surface area contributed by atoms with Crippen LogP contribution in [-0.2, 0) is 11.3 Å². The van der Waals surface area contributed by atoms with Gasteiger partial charge in [0.1, 0.15) is 0 Å². The SMILES string of the molecule is C/C1=C(N(N)Cc2ccc3ncccc3c2)/C(N)=C\C=C(\NC2CCOCC2)CC1. The van der Waals surface area contributed by atoms with Crippen LogP contribution in [0.25, 0.3) is 10.9 Å². The number of ether oxygens (including phenoxy) is 1. The molecule has 0 atom stereocenters. The summed E-state index contributed by atoms with van der Waals surface area (Å²) in [6.45, 7) is 4.37. The molecule has 6 nitrogen and oxygen atoms in total. The first-order valence-corrected chi connectivity index (χ1v) is 10.7. The van der Waals surface area contributed by atoms with Crippen molar-refractivity contribution in [2.24, 2.45) is 11.6 Å². The van der Waals surface area contributed by atoms with E-state index in [0.29, 0.717) is 18.3 Å². The zero-order valence-electron chi connectivity index (χ0n) is 17.6. The van der Waals surface area contributed by atoms with E-state index in [1.807, 2.05) is 24.4 Å². The Balaban J connectivity index is 1.49. The second-order valence-electron chi connectivity index (χ2n) is 8.13. The third-order valence-corrected chi connectivity index (χ3v) is 5.83. The van der Waals surface area contributed by atoms with Crippen molar-refractivity contribution in [3.63, 3.8) is 0 Å². The molecule has 1 fully saturated rings. The smallest absolute Gasteiger partial charge is 0.0739 e. The lowest BCUT2D eigenvalue weighted by molar-refractivity contribution is 0.0801. The summed E-state index contributed by atoms with van der Waals surface area (Å²) in [6.07, 6.45) is 9.86. The Morgan fingerprint density at radius 3 is 2.83 bits per heavy atom. The highest BCUT2D eigenvalue weighted by Gasteiger charge is 2.18. The van der Waals surface area contributed by atoms with Crippen LogP contribution < -0.4 is 16.9 Å². The van der Waals surface area contributed by atoms with Crippen molar-refractivity contribution < 1.29 is 4.74 Å². The van der Waals surface area contributed by atoms with Gasteiger partial charge in [0, 0.05) is 36.5 Å². The molecule has 0 spiro atoms. The van der Waals surface area contributed by atoms with Gasteiger partial charge < -0.3 is 20.8 Å². The van der Waals surface area contributed by atoms with Crippen LogP contribution in [0.4, 0.5) is 0 Å².